The van der Waals surface area contributed by atoms with Gasteiger partial charge in [0, 0.05) is 25.5 Å². The fraction of sp³-hybridized carbons (Fsp3) is 0.250. The Morgan fingerprint density at radius 1 is 1.14 bits per heavy atom. The normalized spacial score (nSPS) is 13.9. The number of hydrogen-bond acceptors (Lipinski definition) is 4. The van der Waals surface area contributed by atoms with Crippen LogP contribution in [0.3, 0.4) is 0 Å². The summed E-state index contributed by atoms with van der Waals surface area (Å²) in [6.45, 7) is 0.791. The number of aliphatic hydroxyl groups excluding tert-OH is 1. The van der Waals surface area contributed by atoms with Gasteiger partial charge in [0.1, 0.15) is 0 Å². The van der Waals surface area contributed by atoms with Crippen molar-refractivity contribution in [3.63, 3.8) is 0 Å². The molecule has 0 saturated carbocycles. The molecule has 2 N–H and O–H groups in total. The number of hydrogen-bond donors (Lipinski definition) is 2. The van der Waals surface area contributed by atoms with Crippen LogP contribution in [-0.4, -0.2) is 39.9 Å². The topological polar surface area (TPSA) is 82.5 Å². The van der Waals surface area contributed by atoms with Crippen molar-refractivity contribution in [1.82, 2.24) is 15.2 Å². The first kappa shape index (κ1) is 20.2. The second kappa shape index (κ2) is 9.08. The van der Waals surface area contributed by atoms with Crippen LogP contribution in [0.25, 0.3) is 0 Å². The van der Waals surface area contributed by atoms with Crippen LogP contribution in [0, 0.1) is 0 Å². The van der Waals surface area contributed by atoms with E-state index in [4.69, 9.17) is 23.2 Å². The Morgan fingerprint density at radius 2 is 1.89 bits per heavy atom. The molecule has 1 aliphatic heterocycles. The van der Waals surface area contributed by atoms with E-state index in [1.807, 2.05) is 6.07 Å². The molecule has 2 amide bonds. The van der Waals surface area contributed by atoms with Crippen LogP contribution in [0.4, 0.5) is 0 Å². The fourth-order valence-corrected chi connectivity index (χ4v) is 3.25. The third kappa shape index (κ3) is 4.82. The van der Waals surface area contributed by atoms with E-state index in [0.29, 0.717) is 29.6 Å². The Labute approximate surface area is 172 Å². The minimum absolute atomic E-state index is 0.0750. The number of pyridine rings is 1. The van der Waals surface area contributed by atoms with Gasteiger partial charge in [0.15, 0.2) is 5.76 Å². The number of rotatable bonds is 7. The van der Waals surface area contributed by atoms with Gasteiger partial charge < -0.3 is 15.3 Å². The Hall–Kier alpha value is -2.57. The van der Waals surface area contributed by atoms with Gasteiger partial charge in [0.2, 0.25) is 0 Å². The quantitative estimate of drug-likeness (QED) is 0.674. The number of carbonyl (C=O) groups excluding carboxylic acids is 2. The molecule has 8 heteroatoms. The van der Waals surface area contributed by atoms with E-state index in [1.165, 1.54) is 4.90 Å². The second-order valence-electron chi connectivity index (χ2n) is 6.45. The molecule has 0 saturated heterocycles. The van der Waals surface area contributed by atoms with Gasteiger partial charge in [-0.1, -0.05) is 29.3 Å². The highest BCUT2D eigenvalue weighted by molar-refractivity contribution is 6.42. The average molecular weight is 420 g/mol. The minimum atomic E-state index is -0.544. The molecule has 0 aliphatic carbocycles. The predicted octanol–water partition coefficient (Wildman–Crippen LogP) is 3.29. The van der Waals surface area contributed by atoms with Crippen LogP contribution < -0.4 is 5.32 Å². The van der Waals surface area contributed by atoms with Crippen molar-refractivity contribution in [1.29, 1.82) is 0 Å². The smallest absolute Gasteiger partial charge is 0.289 e. The largest absolute Gasteiger partial charge is 0.503 e. The molecule has 1 aromatic carbocycles. The average Bonchev–Trinajstić information content (AvgIpc) is 2.97. The molecule has 6 nitrogen and oxygen atoms in total. The van der Waals surface area contributed by atoms with Gasteiger partial charge in [-0.2, -0.15) is 0 Å². The van der Waals surface area contributed by atoms with Gasteiger partial charge in [-0.3, -0.25) is 14.6 Å². The highest BCUT2D eigenvalue weighted by Crippen LogP contribution is 2.23. The summed E-state index contributed by atoms with van der Waals surface area (Å²) in [5.74, 6) is -1.47. The minimum Gasteiger partial charge on any atom is -0.503 e. The van der Waals surface area contributed by atoms with Gasteiger partial charge in [0.05, 0.1) is 22.2 Å². The molecule has 1 aliphatic rings. The lowest BCUT2D eigenvalue weighted by Crippen LogP contribution is -2.30. The number of amides is 2. The third-order valence-corrected chi connectivity index (χ3v) is 5.17. The molecule has 0 fully saturated rings. The van der Waals surface area contributed by atoms with Crippen molar-refractivity contribution in [2.75, 3.05) is 13.1 Å². The summed E-state index contributed by atoms with van der Waals surface area (Å²) in [5.41, 5.74) is 1.98. The Bertz CT molecular complexity index is 916. The van der Waals surface area contributed by atoms with Gasteiger partial charge in [-0.25, -0.2) is 0 Å². The van der Waals surface area contributed by atoms with Crippen molar-refractivity contribution >= 4 is 35.0 Å². The van der Waals surface area contributed by atoms with Crippen LogP contribution in [0.2, 0.25) is 10.0 Å². The molecular formula is C20H19Cl2N3O3. The lowest BCUT2D eigenvalue weighted by Gasteiger charge is -2.16. The molecule has 0 atom stereocenters. The number of aliphatic hydroxyl groups is 1. The lowest BCUT2D eigenvalue weighted by atomic mass is 10.1. The third-order valence-electron chi connectivity index (χ3n) is 4.43. The number of carbonyl (C=O) groups is 2. The van der Waals surface area contributed by atoms with Crippen molar-refractivity contribution in [3.8, 4) is 0 Å². The van der Waals surface area contributed by atoms with Gasteiger partial charge in [-0.05, 0) is 48.2 Å². The van der Waals surface area contributed by atoms with E-state index in [9.17, 15) is 14.7 Å². The van der Waals surface area contributed by atoms with Crippen LogP contribution in [-0.2, 0) is 22.6 Å². The maximum atomic E-state index is 12.4. The number of aromatic nitrogens is 1. The highest BCUT2D eigenvalue weighted by atomic mass is 35.5. The van der Waals surface area contributed by atoms with Crippen molar-refractivity contribution in [2.45, 2.75) is 19.4 Å². The molecule has 3 rings (SSSR count). The summed E-state index contributed by atoms with van der Waals surface area (Å²) in [4.78, 5) is 29.9. The van der Waals surface area contributed by atoms with Crippen LogP contribution >= 0.6 is 23.2 Å². The molecule has 0 unspecified atom stereocenters. The van der Waals surface area contributed by atoms with Gasteiger partial charge in [-0.15, -0.1) is 0 Å². The lowest BCUT2D eigenvalue weighted by molar-refractivity contribution is -0.128. The standard InChI is InChI=1S/C20H19Cl2N3O3/c21-16-4-3-13(10-17(16)22)2-1-7-24-19(27)15-12-25(20(28)18(15)26)11-14-5-8-23-9-6-14/h3-6,8-10,26H,1-2,7,11-12H2,(H,24,27). The Kier molecular flexibility index (Phi) is 6.54. The van der Waals surface area contributed by atoms with Crippen molar-refractivity contribution in [3.05, 3.63) is 75.2 Å². The maximum Gasteiger partial charge on any atom is 0.289 e. The Morgan fingerprint density at radius 3 is 2.61 bits per heavy atom. The summed E-state index contributed by atoms with van der Waals surface area (Å²) >= 11 is 11.9. The summed E-state index contributed by atoms with van der Waals surface area (Å²) in [6.07, 6.45) is 4.66. The first-order valence-corrected chi connectivity index (χ1v) is 9.53. The number of halogens is 2. The van der Waals surface area contributed by atoms with E-state index in [0.717, 1.165) is 17.5 Å². The summed E-state index contributed by atoms with van der Waals surface area (Å²) in [5, 5.41) is 13.8. The maximum absolute atomic E-state index is 12.4. The molecule has 146 valence electrons. The number of nitrogens with one attached hydrogen (secondary N) is 1. The summed E-state index contributed by atoms with van der Waals surface area (Å²) in [6, 6.07) is 8.99. The van der Waals surface area contributed by atoms with E-state index >= 15 is 0 Å². The number of aryl methyl sites for hydroxylation is 1. The van der Waals surface area contributed by atoms with E-state index in [-0.39, 0.29) is 12.1 Å². The molecular weight excluding hydrogens is 401 g/mol. The first-order chi connectivity index (χ1) is 13.5. The molecule has 0 spiro atoms. The molecule has 0 bridgehead atoms. The zero-order chi connectivity index (χ0) is 20.1. The molecule has 2 aromatic rings. The summed E-state index contributed by atoms with van der Waals surface area (Å²) in [7, 11) is 0. The molecule has 28 heavy (non-hydrogen) atoms. The van der Waals surface area contributed by atoms with Gasteiger partial charge >= 0.3 is 0 Å². The van der Waals surface area contributed by atoms with Crippen LogP contribution in [0.5, 0.6) is 0 Å². The SMILES string of the molecule is O=C(NCCCc1ccc(Cl)c(Cl)c1)C1=C(O)C(=O)N(Cc2ccncc2)C1. The van der Waals surface area contributed by atoms with Crippen molar-refractivity contribution < 1.29 is 14.7 Å². The van der Waals surface area contributed by atoms with Crippen molar-refractivity contribution in [2.24, 2.45) is 0 Å². The first-order valence-electron chi connectivity index (χ1n) is 8.78. The fourth-order valence-electron chi connectivity index (χ4n) is 2.93. The monoisotopic (exact) mass is 419 g/mol. The highest BCUT2D eigenvalue weighted by Gasteiger charge is 2.33. The van der Waals surface area contributed by atoms with Crippen LogP contribution in [0.15, 0.2) is 54.1 Å². The number of benzene rings is 1. The van der Waals surface area contributed by atoms with E-state index in [1.54, 1.807) is 36.7 Å². The molecule has 2 heterocycles. The molecule has 1 aromatic heterocycles. The van der Waals surface area contributed by atoms with E-state index in [2.05, 4.69) is 10.3 Å². The van der Waals surface area contributed by atoms with E-state index < -0.39 is 17.6 Å². The molecule has 0 radical (unpaired) electrons. The second-order valence-corrected chi connectivity index (χ2v) is 7.27. The predicted molar refractivity (Wildman–Crippen MR) is 107 cm³/mol. The number of nitrogens with zero attached hydrogens (tertiary/aromatic N) is 2. The van der Waals surface area contributed by atoms with Crippen LogP contribution in [0.1, 0.15) is 17.5 Å². The zero-order valence-electron chi connectivity index (χ0n) is 15.0. The van der Waals surface area contributed by atoms with Gasteiger partial charge in [0.25, 0.3) is 11.8 Å². The summed E-state index contributed by atoms with van der Waals surface area (Å²) < 4.78 is 0. The zero-order valence-corrected chi connectivity index (χ0v) is 16.5. The Balaban J connectivity index is 1.49.